The number of nitrogens with zero attached hydrogens (tertiary/aromatic N) is 1. The van der Waals surface area contributed by atoms with E-state index in [1.165, 1.54) is 0 Å². The first-order chi connectivity index (χ1) is 14.2. The van der Waals surface area contributed by atoms with Crippen LogP contribution >= 0.6 is 0 Å². The van der Waals surface area contributed by atoms with Crippen LogP contribution in [0.1, 0.15) is 40.9 Å². The van der Waals surface area contributed by atoms with Crippen LogP contribution in [0.3, 0.4) is 0 Å². The lowest BCUT2D eigenvalue weighted by Crippen LogP contribution is -2.42. The molecule has 3 heterocycles. The van der Waals surface area contributed by atoms with E-state index in [2.05, 4.69) is 0 Å². The molecule has 0 radical (unpaired) electrons. The lowest BCUT2D eigenvalue weighted by Gasteiger charge is -2.30. The number of primary amides is 1. The van der Waals surface area contributed by atoms with Crippen molar-refractivity contribution >= 4 is 33.8 Å². The van der Waals surface area contributed by atoms with Gasteiger partial charge in [-0.3, -0.25) is 9.59 Å². The lowest BCUT2D eigenvalue weighted by atomic mass is 9.95. The lowest BCUT2D eigenvalue weighted by molar-refractivity contribution is -0.134. The third-order valence-corrected chi connectivity index (χ3v) is 6.46. The predicted molar refractivity (Wildman–Crippen MR) is 113 cm³/mol. The van der Waals surface area contributed by atoms with Crippen LogP contribution in [0.5, 0.6) is 0 Å². The smallest absolute Gasteiger partial charge is 0.340 e. The van der Waals surface area contributed by atoms with Gasteiger partial charge in [0.15, 0.2) is 0 Å². The zero-order valence-electron chi connectivity index (χ0n) is 17.8. The summed E-state index contributed by atoms with van der Waals surface area (Å²) in [6.45, 7) is 8.65. The molecule has 1 aromatic carbocycles. The Labute approximate surface area is 173 Å². The van der Waals surface area contributed by atoms with E-state index in [0.717, 1.165) is 27.7 Å². The van der Waals surface area contributed by atoms with Gasteiger partial charge in [0, 0.05) is 24.4 Å². The Kier molecular flexibility index (Phi) is 4.92. The fourth-order valence-electron chi connectivity index (χ4n) is 4.51. The Hall–Kier alpha value is -3.09. The Morgan fingerprint density at radius 1 is 1.07 bits per heavy atom. The number of nitrogens with two attached hydrogens (primary N) is 1. The predicted octanol–water partition coefficient (Wildman–Crippen LogP) is 3.04. The van der Waals surface area contributed by atoms with Gasteiger partial charge in [0.05, 0.1) is 17.4 Å². The van der Waals surface area contributed by atoms with Crippen molar-refractivity contribution in [2.24, 2.45) is 11.7 Å². The van der Waals surface area contributed by atoms with Crippen molar-refractivity contribution in [3.8, 4) is 0 Å². The Morgan fingerprint density at radius 3 is 2.37 bits per heavy atom. The average Bonchev–Trinajstić information content (AvgIpc) is 2.99. The first-order valence-corrected chi connectivity index (χ1v) is 10.2. The van der Waals surface area contributed by atoms with E-state index in [9.17, 15) is 14.4 Å². The molecule has 7 nitrogen and oxygen atoms in total. The van der Waals surface area contributed by atoms with Crippen LogP contribution in [-0.4, -0.2) is 29.8 Å². The molecule has 2 amide bonds. The number of carbonyl (C=O) groups is 2. The Balaban J connectivity index is 1.73. The number of furan rings is 1. The maximum atomic E-state index is 12.9. The van der Waals surface area contributed by atoms with E-state index in [1.807, 2.05) is 33.8 Å². The molecule has 0 spiro atoms. The summed E-state index contributed by atoms with van der Waals surface area (Å²) in [7, 11) is 0. The summed E-state index contributed by atoms with van der Waals surface area (Å²) < 4.78 is 11.6. The van der Waals surface area contributed by atoms with Gasteiger partial charge in [0.25, 0.3) is 0 Å². The van der Waals surface area contributed by atoms with Gasteiger partial charge in [0.2, 0.25) is 11.8 Å². The number of hydrogen-bond acceptors (Lipinski definition) is 5. The number of likely N-dealkylation sites (tertiary alicyclic amines) is 1. The van der Waals surface area contributed by atoms with Crippen LogP contribution < -0.4 is 11.4 Å². The van der Waals surface area contributed by atoms with Gasteiger partial charge in [0.1, 0.15) is 16.9 Å². The third kappa shape index (κ3) is 3.18. The number of fused-ring (bicyclic) bond motifs is 3. The minimum Gasteiger partial charge on any atom is -0.460 e. The van der Waals surface area contributed by atoms with E-state index >= 15 is 0 Å². The topological polar surface area (TPSA) is 107 Å². The molecule has 0 aliphatic carbocycles. The molecule has 7 heteroatoms. The zero-order chi connectivity index (χ0) is 21.7. The number of rotatable bonds is 3. The molecule has 1 saturated heterocycles. The number of piperidine rings is 1. The zero-order valence-corrected chi connectivity index (χ0v) is 17.8. The minimum atomic E-state index is -0.501. The second-order valence-electron chi connectivity index (χ2n) is 8.28. The highest BCUT2D eigenvalue weighted by Crippen LogP contribution is 2.36. The van der Waals surface area contributed by atoms with Crippen molar-refractivity contribution in [3.05, 3.63) is 44.5 Å². The van der Waals surface area contributed by atoms with Crippen LogP contribution in [0.2, 0.25) is 0 Å². The standard InChI is InChI=1S/C23H26N2O5/c1-11-9-17-20(21-19(11)12(2)14(4)29-21)13(3)16(23(28)30-17)10-18(26)25-7-5-15(6-8-25)22(24)27/h9,15H,5-8,10H2,1-4H3,(H2,24,27). The Bertz CT molecular complexity index is 1240. The van der Waals surface area contributed by atoms with Crippen LogP contribution in [0.15, 0.2) is 19.7 Å². The van der Waals surface area contributed by atoms with E-state index in [1.54, 1.807) is 4.90 Å². The molecule has 0 atom stereocenters. The average molecular weight is 410 g/mol. The quantitative estimate of drug-likeness (QED) is 0.668. The maximum absolute atomic E-state index is 12.9. The highest BCUT2D eigenvalue weighted by molar-refractivity contribution is 6.07. The summed E-state index contributed by atoms with van der Waals surface area (Å²) in [5, 5.41) is 1.75. The van der Waals surface area contributed by atoms with Gasteiger partial charge in [-0.25, -0.2) is 4.79 Å². The van der Waals surface area contributed by atoms with Crippen molar-refractivity contribution in [1.29, 1.82) is 0 Å². The molecule has 4 rings (SSSR count). The van der Waals surface area contributed by atoms with E-state index in [0.29, 0.717) is 48.2 Å². The summed E-state index contributed by atoms with van der Waals surface area (Å²) in [6, 6.07) is 1.86. The van der Waals surface area contributed by atoms with Gasteiger partial charge in [-0.2, -0.15) is 0 Å². The summed E-state index contributed by atoms with van der Waals surface area (Å²) >= 11 is 0. The fourth-order valence-corrected chi connectivity index (χ4v) is 4.51. The van der Waals surface area contributed by atoms with Crippen molar-refractivity contribution < 1.29 is 18.4 Å². The second kappa shape index (κ2) is 7.31. The first-order valence-electron chi connectivity index (χ1n) is 10.2. The number of aryl methyl sites for hydroxylation is 4. The van der Waals surface area contributed by atoms with Gasteiger partial charge < -0.3 is 19.5 Å². The van der Waals surface area contributed by atoms with Crippen molar-refractivity contribution in [2.75, 3.05) is 13.1 Å². The third-order valence-electron chi connectivity index (χ3n) is 6.46. The highest BCUT2D eigenvalue weighted by atomic mass is 16.4. The minimum absolute atomic E-state index is 0.0423. The molecule has 158 valence electrons. The summed E-state index contributed by atoms with van der Waals surface area (Å²) in [4.78, 5) is 38.6. The Morgan fingerprint density at radius 2 is 1.73 bits per heavy atom. The van der Waals surface area contributed by atoms with Crippen LogP contribution in [-0.2, 0) is 16.0 Å². The molecular weight excluding hydrogens is 384 g/mol. The molecule has 1 aliphatic heterocycles. The summed E-state index contributed by atoms with van der Waals surface area (Å²) in [5.41, 5.74) is 9.13. The summed E-state index contributed by atoms with van der Waals surface area (Å²) in [5.74, 6) is 0.156. The van der Waals surface area contributed by atoms with Crippen LogP contribution in [0, 0.1) is 33.6 Å². The number of benzene rings is 1. The number of hydrogen-bond donors (Lipinski definition) is 1. The molecule has 3 aromatic rings. The summed E-state index contributed by atoms with van der Waals surface area (Å²) in [6.07, 6.45) is 1.06. The number of amides is 2. The van der Waals surface area contributed by atoms with Crippen molar-refractivity contribution in [2.45, 2.75) is 47.0 Å². The highest BCUT2D eigenvalue weighted by Gasteiger charge is 2.27. The van der Waals surface area contributed by atoms with Gasteiger partial charge in [-0.05, 0) is 63.3 Å². The molecule has 0 bridgehead atoms. The monoisotopic (exact) mass is 410 g/mol. The van der Waals surface area contributed by atoms with Gasteiger partial charge in [-0.15, -0.1) is 0 Å². The van der Waals surface area contributed by atoms with E-state index in [-0.39, 0.29) is 24.2 Å². The SMILES string of the molecule is Cc1oc2c(c(C)cc3oc(=O)c(CC(=O)N4CCC(C(N)=O)CC4)c(C)c32)c1C. The molecule has 0 unspecified atom stereocenters. The molecule has 30 heavy (non-hydrogen) atoms. The molecule has 2 N–H and O–H groups in total. The largest absolute Gasteiger partial charge is 0.460 e. The van der Waals surface area contributed by atoms with Crippen molar-refractivity contribution in [3.63, 3.8) is 0 Å². The second-order valence-corrected chi connectivity index (χ2v) is 8.28. The number of carbonyl (C=O) groups excluding carboxylic acids is 2. The first kappa shape index (κ1) is 20.2. The molecule has 1 fully saturated rings. The normalized spacial score (nSPS) is 15.3. The molecule has 0 saturated carbocycles. The molecule has 2 aromatic heterocycles. The maximum Gasteiger partial charge on any atom is 0.340 e. The van der Waals surface area contributed by atoms with Crippen molar-refractivity contribution in [1.82, 2.24) is 4.90 Å². The fraction of sp³-hybridized carbons (Fsp3) is 0.435. The van der Waals surface area contributed by atoms with E-state index in [4.69, 9.17) is 14.6 Å². The van der Waals surface area contributed by atoms with E-state index < -0.39 is 5.63 Å². The van der Waals surface area contributed by atoms with Gasteiger partial charge in [-0.1, -0.05) is 0 Å². The van der Waals surface area contributed by atoms with Crippen LogP contribution in [0.25, 0.3) is 21.9 Å². The van der Waals surface area contributed by atoms with Gasteiger partial charge >= 0.3 is 5.63 Å². The molecular formula is C23H26N2O5. The van der Waals surface area contributed by atoms with Crippen LogP contribution in [0.4, 0.5) is 0 Å². The molecule has 1 aliphatic rings.